The van der Waals surface area contributed by atoms with Crippen molar-refractivity contribution in [2.45, 2.75) is 39.5 Å². The molecule has 0 atom stereocenters. The molecule has 1 amide bonds. The molecule has 2 aromatic carbocycles. The Hall–Kier alpha value is -2.47. The number of hydrogen-bond donors (Lipinski definition) is 2. The lowest BCUT2D eigenvalue weighted by Crippen LogP contribution is -2.25. The van der Waals surface area contributed by atoms with Crippen LogP contribution in [0, 0.1) is 13.8 Å². The molecule has 0 heterocycles. The zero-order chi connectivity index (χ0) is 20.1. The average molecular weight is 389 g/mol. The summed E-state index contributed by atoms with van der Waals surface area (Å²) < 4.78 is 16.6. The van der Waals surface area contributed by atoms with Crippen LogP contribution >= 0.6 is 0 Å². The van der Waals surface area contributed by atoms with E-state index in [4.69, 9.17) is 8.42 Å². The predicted molar refractivity (Wildman–Crippen MR) is 110 cm³/mol. The van der Waals surface area contributed by atoms with E-state index in [1.54, 1.807) is 0 Å². The molecule has 0 aliphatic heterocycles. The van der Waals surface area contributed by atoms with Crippen LogP contribution in [0.5, 0.6) is 0 Å². The summed E-state index contributed by atoms with van der Waals surface area (Å²) in [6, 6.07) is 14.8. The van der Waals surface area contributed by atoms with Gasteiger partial charge in [-0.25, -0.2) is 0 Å². The molecule has 0 saturated heterocycles. The Bertz CT molecular complexity index is 755. The average Bonchev–Trinajstić information content (AvgIpc) is 2.67. The SMILES string of the molecule is CNc1ccc(CCC(=O)NCCCc2ccc(C)c(C)c2)cc1.O=S=O. The Kier molecular flexibility index (Phi) is 10.7. The van der Waals surface area contributed by atoms with Crippen LogP contribution in [0.25, 0.3) is 0 Å². The van der Waals surface area contributed by atoms with E-state index in [1.165, 1.54) is 22.3 Å². The summed E-state index contributed by atoms with van der Waals surface area (Å²) in [7, 11) is 1.90. The van der Waals surface area contributed by atoms with Crippen molar-refractivity contribution in [3.05, 3.63) is 64.7 Å². The lowest BCUT2D eigenvalue weighted by atomic mass is 10.0. The van der Waals surface area contributed by atoms with Crippen LogP contribution < -0.4 is 10.6 Å². The van der Waals surface area contributed by atoms with Crippen molar-refractivity contribution in [2.24, 2.45) is 0 Å². The highest BCUT2D eigenvalue weighted by Crippen LogP contribution is 2.12. The number of anilines is 1. The monoisotopic (exact) mass is 388 g/mol. The smallest absolute Gasteiger partial charge is 0.335 e. The van der Waals surface area contributed by atoms with Crippen molar-refractivity contribution in [3.63, 3.8) is 0 Å². The Labute approximate surface area is 165 Å². The molecule has 0 aromatic heterocycles. The fourth-order valence-electron chi connectivity index (χ4n) is 2.66. The van der Waals surface area contributed by atoms with Gasteiger partial charge in [-0.3, -0.25) is 4.79 Å². The quantitative estimate of drug-likeness (QED) is 0.680. The molecule has 0 unspecified atom stereocenters. The minimum Gasteiger partial charge on any atom is -0.388 e. The lowest BCUT2D eigenvalue weighted by Gasteiger charge is -2.07. The largest absolute Gasteiger partial charge is 0.388 e. The maximum absolute atomic E-state index is 11.9. The first-order valence-corrected chi connectivity index (χ1v) is 9.68. The van der Waals surface area contributed by atoms with E-state index >= 15 is 0 Å². The predicted octanol–water partition coefficient (Wildman–Crippen LogP) is 3.36. The molecule has 2 aromatic rings. The number of hydrogen-bond acceptors (Lipinski definition) is 4. The molecule has 0 spiro atoms. The molecule has 0 bridgehead atoms. The molecule has 0 aliphatic carbocycles. The topological polar surface area (TPSA) is 75.3 Å². The van der Waals surface area contributed by atoms with Gasteiger partial charge in [-0.1, -0.05) is 30.3 Å². The minimum atomic E-state index is -0.750. The summed E-state index contributed by atoms with van der Waals surface area (Å²) >= 11 is -0.750. The Balaban J connectivity index is 0.00000114. The second kappa shape index (κ2) is 12.8. The minimum absolute atomic E-state index is 0.132. The molecule has 6 heteroatoms. The third kappa shape index (κ3) is 9.15. The zero-order valence-corrected chi connectivity index (χ0v) is 17.0. The highest BCUT2D eigenvalue weighted by Gasteiger charge is 2.03. The molecule has 5 nitrogen and oxygen atoms in total. The molecule has 146 valence electrons. The van der Waals surface area contributed by atoms with Crippen LogP contribution in [0.1, 0.15) is 35.1 Å². The number of carbonyl (C=O) groups is 1. The van der Waals surface area contributed by atoms with Crippen LogP contribution in [-0.2, 0) is 29.2 Å². The number of amides is 1. The van der Waals surface area contributed by atoms with Gasteiger partial charge in [0.2, 0.25) is 5.91 Å². The Morgan fingerprint density at radius 2 is 1.56 bits per heavy atom. The van der Waals surface area contributed by atoms with Crippen LogP contribution in [0.15, 0.2) is 42.5 Å². The van der Waals surface area contributed by atoms with Crippen molar-refractivity contribution in [1.82, 2.24) is 5.32 Å². The van der Waals surface area contributed by atoms with Gasteiger partial charge in [-0.15, -0.1) is 0 Å². The van der Waals surface area contributed by atoms with E-state index in [-0.39, 0.29) is 5.91 Å². The Morgan fingerprint density at radius 3 is 2.15 bits per heavy atom. The van der Waals surface area contributed by atoms with Crippen LogP contribution in [0.2, 0.25) is 0 Å². The summed E-state index contributed by atoms with van der Waals surface area (Å²) in [4.78, 5) is 11.9. The molecule has 0 aliphatic rings. The number of aryl methyl sites for hydroxylation is 4. The molecule has 0 fully saturated rings. The van der Waals surface area contributed by atoms with Gasteiger partial charge in [0.25, 0.3) is 0 Å². The van der Waals surface area contributed by atoms with Gasteiger partial charge in [-0.2, -0.15) is 8.42 Å². The Morgan fingerprint density at radius 1 is 0.926 bits per heavy atom. The van der Waals surface area contributed by atoms with E-state index in [1.807, 2.05) is 19.2 Å². The molecule has 0 radical (unpaired) electrons. The highest BCUT2D eigenvalue weighted by molar-refractivity contribution is 7.51. The molecule has 2 N–H and O–H groups in total. The second-order valence-electron chi connectivity index (χ2n) is 6.39. The van der Waals surface area contributed by atoms with Gasteiger partial charge in [0.05, 0.1) is 0 Å². The van der Waals surface area contributed by atoms with Crippen molar-refractivity contribution >= 4 is 23.2 Å². The van der Waals surface area contributed by atoms with E-state index in [0.29, 0.717) is 6.42 Å². The molecule has 0 saturated carbocycles. The van der Waals surface area contributed by atoms with Crippen molar-refractivity contribution < 1.29 is 13.2 Å². The maximum atomic E-state index is 11.9. The van der Waals surface area contributed by atoms with Crippen molar-refractivity contribution in [2.75, 3.05) is 18.9 Å². The van der Waals surface area contributed by atoms with E-state index in [0.717, 1.165) is 31.5 Å². The number of rotatable bonds is 8. The standard InChI is InChI=1S/C21H28N2O.O2S/c1-16-6-7-19(15-17(16)2)5-4-14-23-21(24)13-10-18-8-11-20(22-3)12-9-18;1-3-2/h6-9,11-12,15,22H,4-5,10,13-14H2,1-3H3,(H,23,24);. The summed E-state index contributed by atoms with van der Waals surface area (Å²) in [5.74, 6) is 0.132. The van der Waals surface area contributed by atoms with Gasteiger partial charge in [0.15, 0.2) is 0 Å². The fourth-order valence-corrected chi connectivity index (χ4v) is 2.66. The third-order valence-electron chi connectivity index (χ3n) is 4.42. The number of benzene rings is 2. The van der Waals surface area contributed by atoms with Gasteiger partial charge in [0, 0.05) is 25.7 Å². The molecule has 27 heavy (non-hydrogen) atoms. The summed E-state index contributed by atoms with van der Waals surface area (Å²) in [5, 5.41) is 6.11. The van der Waals surface area contributed by atoms with Gasteiger partial charge in [-0.05, 0) is 67.5 Å². The fraction of sp³-hybridized carbons (Fsp3) is 0.381. The second-order valence-corrected chi connectivity index (χ2v) is 6.52. The highest BCUT2D eigenvalue weighted by atomic mass is 32.1. The first-order valence-electron chi connectivity index (χ1n) is 9.01. The summed E-state index contributed by atoms with van der Waals surface area (Å²) in [6.07, 6.45) is 3.31. The zero-order valence-electron chi connectivity index (χ0n) is 16.2. The van der Waals surface area contributed by atoms with Gasteiger partial charge in [0.1, 0.15) is 0 Å². The van der Waals surface area contributed by atoms with Crippen LogP contribution in [-0.4, -0.2) is 27.9 Å². The molecular weight excluding hydrogens is 360 g/mol. The molecular formula is C21H28N2O3S. The third-order valence-corrected chi connectivity index (χ3v) is 4.42. The molecule has 2 rings (SSSR count). The first kappa shape index (κ1) is 22.6. The van der Waals surface area contributed by atoms with E-state index < -0.39 is 11.6 Å². The van der Waals surface area contributed by atoms with Crippen molar-refractivity contribution in [1.29, 1.82) is 0 Å². The summed E-state index contributed by atoms with van der Waals surface area (Å²) in [5.41, 5.74) is 6.29. The number of carbonyl (C=O) groups excluding carboxylic acids is 1. The normalized spacial score (nSPS) is 9.74. The maximum Gasteiger partial charge on any atom is 0.335 e. The van der Waals surface area contributed by atoms with Gasteiger partial charge < -0.3 is 10.6 Å². The van der Waals surface area contributed by atoms with E-state index in [2.05, 4.69) is 54.8 Å². The van der Waals surface area contributed by atoms with Crippen LogP contribution in [0.4, 0.5) is 5.69 Å². The lowest BCUT2D eigenvalue weighted by molar-refractivity contribution is -0.121. The number of nitrogens with one attached hydrogen (secondary N) is 2. The van der Waals surface area contributed by atoms with Crippen LogP contribution in [0.3, 0.4) is 0 Å². The van der Waals surface area contributed by atoms with Gasteiger partial charge >= 0.3 is 11.6 Å². The van der Waals surface area contributed by atoms with Crippen molar-refractivity contribution in [3.8, 4) is 0 Å². The summed E-state index contributed by atoms with van der Waals surface area (Å²) in [6.45, 7) is 5.01. The van der Waals surface area contributed by atoms with E-state index in [9.17, 15) is 4.79 Å². The first-order chi connectivity index (χ1) is 13.0.